The Balaban J connectivity index is 1.80. The van der Waals surface area contributed by atoms with Gasteiger partial charge < -0.3 is 39.4 Å². The van der Waals surface area contributed by atoms with Crippen molar-refractivity contribution in [3.63, 3.8) is 0 Å². The van der Waals surface area contributed by atoms with Crippen LogP contribution >= 0.6 is 0 Å². The molecule has 3 aromatic rings. The molecule has 9 nitrogen and oxygen atoms in total. The summed E-state index contributed by atoms with van der Waals surface area (Å²) < 4.78 is 16.6. The highest BCUT2D eigenvalue weighted by atomic mass is 16.7. The van der Waals surface area contributed by atoms with Crippen LogP contribution in [0.5, 0.6) is 17.2 Å². The number of phenolic OH excluding ortho intramolecular Hbond substituents is 2. The van der Waals surface area contributed by atoms with Crippen molar-refractivity contribution in [2.75, 3.05) is 0 Å². The zero-order valence-corrected chi connectivity index (χ0v) is 15.8. The summed E-state index contributed by atoms with van der Waals surface area (Å²) in [6, 6.07) is 8.34. The van der Waals surface area contributed by atoms with E-state index in [1.165, 1.54) is 31.4 Å². The van der Waals surface area contributed by atoms with Gasteiger partial charge >= 0.3 is 0 Å². The van der Waals surface area contributed by atoms with Gasteiger partial charge in [0.1, 0.15) is 52.8 Å². The first kappa shape index (κ1) is 20.2. The Morgan fingerprint density at radius 2 is 1.63 bits per heavy atom. The molecule has 0 unspecified atom stereocenters. The van der Waals surface area contributed by atoms with Gasteiger partial charge in [0, 0.05) is 12.1 Å². The maximum Gasteiger partial charge on any atom is 0.229 e. The van der Waals surface area contributed by atoms with Crippen molar-refractivity contribution >= 4 is 11.0 Å². The first-order valence-electron chi connectivity index (χ1n) is 9.20. The lowest BCUT2D eigenvalue weighted by Crippen LogP contribution is -2.58. The summed E-state index contributed by atoms with van der Waals surface area (Å²) in [6.45, 7) is 1.49. The Morgan fingerprint density at radius 3 is 2.33 bits per heavy atom. The third kappa shape index (κ3) is 3.48. The van der Waals surface area contributed by atoms with E-state index in [1.54, 1.807) is 12.1 Å². The molecular formula is C21H20O9. The summed E-state index contributed by atoms with van der Waals surface area (Å²) in [5, 5.41) is 49.5. The van der Waals surface area contributed by atoms with E-state index in [4.69, 9.17) is 13.9 Å². The van der Waals surface area contributed by atoms with Crippen LogP contribution in [0.2, 0.25) is 0 Å². The standard InChI is InChI=1S/C21H20O9/c1-9-17(24)19(26)20(27)21(29-9)30-15-7-12(23)6-14-16(15)18(25)13(8-28-14)10-2-4-11(22)5-3-10/h2-9,17,19-24,26-27H,1H3/t9-,17-,19+,20+,21+/m0/s1. The summed E-state index contributed by atoms with van der Waals surface area (Å²) in [5.74, 6) is -0.340. The zero-order valence-electron chi connectivity index (χ0n) is 15.8. The molecule has 1 aliphatic heterocycles. The predicted molar refractivity (Wildman–Crippen MR) is 104 cm³/mol. The van der Waals surface area contributed by atoms with Gasteiger partial charge in [0.2, 0.25) is 11.7 Å². The summed E-state index contributed by atoms with van der Waals surface area (Å²) in [4.78, 5) is 13.2. The zero-order chi connectivity index (χ0) is 21.6. The predicted octanol–water partition coefficient (Wildman–Crippen LogP) is 1.08. The number of aromatic hydroxyl groups is 2. The molecule has 158 valence electrons. The average Bonchev–Trinajstić information content (AvgIpc) is 2.71. The van der Waals surface area contributed by atoms with Crippen molar-refractivity contribution in [1.82, 2.24) is 0 Å². The number of phenols is 2. The highest BCUT2D eigenvalue weighted by Crippen LogP contribution is 2.33. The lowest BCUT2D eigenvalue weighted by Gasteiger charge is -2.38. The van der Waals surface area contributed by atoms with Gasteiger partial charge in [-0.2, -0.15) is 0 Å². The monoisotopic (exact) mass is 416 g/mol. The van der Waals surface area contributed by atoms with E-state index >= 15 is 0 Å². The quantitative estimate of drug-likeness (QED) is 0.423. The van der Waals surface area contributed by atoms with Crippen molar-refractivity contribution < 1.29 is 39.4 Å². The fourth-order valence-corrected chi connectivity index (χ4v) is 3.37. The summed E-state index contributed by atoms with van der Waals surface area (Å²) >= 11 is 0. The Kier molecular flexibility index (Phi) is 5.12. The number of hydrogen-bond acceptors (Lipinski definition) is 9. The largest absolute Gasteiger partial charge is 0.508 e. The van der Waals surface area contributed by atoms with Crippen LogP contribution in [-0.2, 0) is 4.74 Å². The number of fused-ring (bicyclic) bond motifs is 1. The third-order valence-electron chi connectivity index (χ3n) is 5.06. The second-order valence-electron chi connectivity index (χ2n) is 7.14. The van der Waals surface area contributed by atoms with E-state index in [9.17, 15) is 30.3 Å². The lowest BCUT2D eigenvalue weighted by molar-refractivity contribution is -0.267. The Hall–Kier alpha value is -3.11. The van der Waals surface area contributed by atoms with Gasteiger partial charge in [0.25, 0.3) is 0 Å². The molecule has 4 rings (SSSR count). The van der Waals surface area contributed by atoms with Crippen molar-refractivity contribution in [3.05, 3.63) is 52.9 Å². The van der Waals surface area contributed by atoms with Crippen LogP contribution in [0.4, 0.5) is 0 Å². The van der Waals surface area contributed by atoms with Gasteiger partial charge in [-0.05, 0) is 24.6 Å². The van der Waals surface area contributed by atoms with Gasteiger partial charge in [-0.15, -0.1) is 0 Å². The second kappa shape index (κ2) is 7.62. The first-order valence-corrected chi connectivity index (χ1v) is 9.20. The molecule has 0 saturated carbocycles. The van der Waals surface area contributed by atoms with E-state index in [0.29, 0.717) is 5.56 Å². The van der Waals surface area contributed by atoms with E-state index in [2.05, 4.69) is 0 Å². The minimum absolute atomic E-state index is 0.0116. The Labute approximate surface area is 170 Å². The molecule has 2 aromatic carbocycles. The molecule has 0 amide bonds. The maximum atomic E-state index is 13.2. The minimum atomic E-state index is -1.60. The fourth-order valence-electron chi connectivity index (χ4n) is 3.37. The van der Waals surface area contributed by atoms with E-state index in [1.807, 2.05) is 0 Å². The molecule has 2 heterocycles. The van der Waals surface area contributed by atoms with Crippen LogP contribution in [0.1, 0.15) is 6.92 Å². The molecule has 5 N–H and O–H groups in total. The summed E-state index contributed by atoms with van der Waals surface area (Å²) in [5.41, 5.74) is 0.239. The topological polar surface area (TPSA) is 150 Å². The van der Waals surface area contributed by atoms with Crippen LogP contribution in [0.25, 0.3) is 22.1 Å². The smallest absolute Gasteiger partial charge is 0.229 e. The summed E-state index contributed by atoms with van der Waals surface area (Å²) in [6.07, 6.45) is -5.45. The van der Waals surface area contributed by atoms with Gasteiger partial charge in [0.15, 0.2) is 0 Å². The molecule has 0 spiro atoms. The molecule has 9 heteroatoms. The van der Waals surface area contributed by atoms with Crippen molar-refractivity contribution in [3.8, 4) is 28.4 Å². The number of benzene rings is 2. The number of hydrogen-bond donors (Lipinski definition) is 5. The Morgan fingerprint density at radius 1 is 0.933 bits per heavy atom. The number of aliphatic hydroxyl groups excluding tert-OH is 3. The summed E-state index contributed by atoms with van der Waals surface area (Å²) in [7, 11) is 0. The van der Waals surface area contributed by atoms with E-state index in [-0.39, 0.29) is 33.8 Å². The fraction of sp³-hybridized carbons (Fsp3) is 0.286. The maximum absolute atomic E-state index is 13.2. The SMILES string of the molecule is C[C@@H]1O[C@H](Oc2cc(O)cc3occ(-c4ccc(O)cc4)c(=O)c23)[C@H](O)[C@H](O)[C@H]1O. The van der Waals surface area contributed by atoms with Crippen LogP contribution in [0, 0.1) is 0 Å². The van der Waals surface area contributed by atoms with Crippen molar-refractivity contribution in [2.45, 2.75) is 37.6 Å². The molecular weight excluding hydrogens is 396 g/mol. The van der Waals surface area contributed by atoms with Crippen LogP contribution in [0.15, 0.2) is 51.9 Å². The highest BCUT2D eigenvalue weighted by Gasteiger charge is 2.43. The van der Waals surface area contributed by atoms with E-state index in [0.717, 1.165) is 6.07 Å². The number of aliphatic hydroxyl groups is 3. The van der Waals surface area contributed by atoms with E-state index < -0.39 is 36.1 Å². The van der Waals surface area contributed by atoms with Gasteiger partial charge in [-0.25, -0.2) is 0 Å². The van der Waals surface area contributed by atoms with Crippen LogP contribution < -0.4 is 10.2 Å². The van der Waals surface area contributed by atoms with Gasteiger partial charge in [0.05, 0.1) is 11.7 Å². The normalized spacial score (nSPS) is 26.6. The minimum Gasteiger partial charge on any atom is -0.508 e. The molecule has 30 heavy (non-hydrogen) atoms. The number of ether oxygens (including phenoxy) is 2. The van der Waals surface area contributed by atoms with Gasteiger partial charge in [-0.3, -0.25) is 4.79 Å². The molecule has 5 atom stereocenters. The molecule has 0 bridgehead atoms. The Bertz CT molecular complexity index is 1120. The number of rotatable bonds is 3. The molecule has 0 radical (unpaired) electrons. The second-order valence-corrected chi connectivity index (χ2v) is 7.14. The van der Waals surface area contributed by atoms with Crippen LogP contribution in [-0.4, -0.2) is 56.2 Å². The molecule has 1 fully saturated rings. The molecule has 0 aliphatic carbocycles. The van der Waals surface area contributed by atoms with Crippen LogP contribution in [0.3, 0.4) is 0 Å². The average molecular weight is 416 g/mol. The molecule has 1 saturated heterocycles. The van der Waals surface area contributed by atoms with Gasteiger partial charge in [-0.1, -0.05) is 12.1 Å². The highest BCUT2D eigenvalue weighted by molar-refractivity contribution is 5.88. The lowest BCUT2D eigenvalue weighted by atomic mass is 10.00. The third-order valence-corrected chi connectivity index (χ3v) is 5.06. The van der Waals surface area contributed by atoms with Crippen molar-refractivity contribution in [1.29, 1.82) is 0 Å². The molecule has 1 aliphatic rings. The first-order chi connectivity index (χ1) is 14.3. The van der Waals surface area contributed by atoms with Crippen molar-refractivity contribution in [2.24, 2.45) is 0 Å². The molecule has 1 aromatic heterocycles.